The Labute approximate surface area is 201 Å². The van der Waals surface area contributed by atoms with E-state index in [2.05, 4.69) is 44.2 Å². The second-order valence-electron chi connectivity index (χ2n) is 8.74. The first-order chi connectivity index (χ1) is 16.6. The molecule has 1 aliphatic heterocycles. The number of nitrogens with one attached hydrogen (secondary N) is 1. The predicted octanol–water partition coefficient (Wildman–Crippen LogP) is 3.90. The van der Waals surface area contributed by atoms with Crippen LogP contribution < -0.4 is 15.0 Å². The summed E-state index contributed by atoms with van der Waals surface area (Å²) < 4.78 is 43.2. The Kier molecular flexibility index (Phi) is 7.06. The second kappa shape index (κ2) is 10.0. The highest BCUT2D eigenvalue weighted by Gasteiger charge is 2.30. The van der Waals surface area contributed by atoms with Gasteiger partial charge >= 0.3 is 6.18 Å². The number of rotatable bonds is 6. The number of anilines is 2. The van der Waals surface area contributed by atoms with Crippen molar-refractivity contribution < 1.29 is 22.7 Å². The van der Waals surface area contributed by atoms with Crippen LogP contribution in [-0.4, -0.2) is 65.6 Å². The average molecular weight is 489 g/mol. The molecule has 0 bridgehead atoms. The third-order valence-electron chi connectivity index (χ3n) is 6.04. The number of pyridine rings is 1. The summed E-state index contributed by atoms with van der Waals surface area (Å²) >= 11 is 0. The lowest BCUT2D eigenvalue weighted by Crippen LogP contribution is -2.42. The average Bonchev–Trinajstić information content (AvgIpc) is 2.83. The van der Waals surface area contributed by atoms with Crippen LogP contribution >= 0.6 is 0 Å². The molecular formula is C24H27F3N6O2. The molecule has 186 valence electrons. The lowest BCUT2D eigenvalue weighted by atomic mass is 10.0. The third kappa shape index (κ3) is 5.97. The Morgan fingerprint density at radius 1 is 1.17 bits per heavy atom. The van der Waals surface area contributed by atoms with Gasteiger partial charge in [0.05, 0.1) is 23.1 Å². The predicted molar refractivity (Wildman–Crippen MR) is 127 cm³/mol. The number of aryl methyl sites for hydroxylation is 1. The molecule has 1 fully saturated rings. The summed E-state index contributed by atoms with van der Waals surface area (Å²) in [5, 5.41) is 3.40. The van der Waals surface area contributed by atoms with Crippen molar-refractivity contribution in [1.82, 2.24) is 19.9 Å². The van der Waals surface area contributed by atoms with E-state index < -0.39 is 17.6 Å². The number of carbonyl (C=O) groups excluding carboxylic acids is 1. The first-order valence-electron chi connectivity index (χ1n) is 11.3. The fraction of sp³-hybridized carbons (Fsp3) is 0.417. The molecule has 0 radical (unpaired) electrons. The van der Waals surface area contributed by atoms with Gasteiger partial charge in [-0.3, -0.25) is 4.79 Å². The second-order valence-corrected chi connectivity index (χ2v) is 8.74. The summed E-state index contributed by atoms with van der Waals surface area (Å²) in [5.41, 5.74) is 0.964. The van der Waals surface area contributed by atoms with Gasteiger partial charge in [0.2, 0.25) is 5.95 Å². The Morgan fingerprint density at radius 3 is 2.49 bits per heavy atom. The number of ether oxygens (including phenoxy) is 1. The van der Waals surface area contributed by atoms with Gasteiger partial charge in [-0.25, -0.2) is 9.97 Å². The Hall–Kier alpha value is -3.47. The van der Waals surface area contributed by atoms with Crippen molar-refractivity contribution >= 4 is 28.6 Å². The van der Waals surface area contributed by atoms with E-state index in [1.54, 1.807) is 6.07 Å². The summed E-state index contributed by atoms with van der Waals surface area (Å²) in [6.07, 6.45) is -0.835. The summed E-state index contributed by atoms with van der Waals surface area (Å²) in [6, 6.07) is 6.46. The number of piperidine rings is 1. The number of carbonyl (C=O) groups is 1. The maximum atomic E-state index is 12.6. The van der Waals surface area contributed by atoms with Gasteiger partial charge in [-0.1, -0.05) is 0 Å². The van der Waals surface area contributed by atoms with Gasteiger partial charge in [0.25, 0.3) is 5.91 Å². The Morgan fingerprint density at radius 2 is 1.86 bits per heavy atom. The van der Waals surface area contributed by atoms with Crippen molar-refractivity contribution in [1.29, 1.82) is 0 Å². The van der Waals surface area contributed by atoms with Crippen molar-refractivity contribution in [3.8, 4) is 5.75 Å². The van der Waals surface area contributed by atoms with Crippen molar-refractivity contribution in [2.75, 3.05) is 44.0 Å². The molecule has 1 amide bonds. The minimum absolute atomic E-state index is 0.163. The molecule has 2 aromatic heterocycles. The fourth-order valence-corrected chi connectivity index (χ4v) is 4.02. The highest BCUT2D eigenvalue weighted by atomic mass is 19.4. The standard InChI is InChI=1S/C24H27F3N6O2/c1-15-20-12-17(30-21(34)14-35-19-6-4-16(5-7-19)24(25,26)27)13-28-22(20)31-23(29-15)33-10-8-18(9-11-33)32(2)3/h4-7,12-13,18H,8-11,14H2,1-3H3,(H,30,34). The van der Waals surface area contributed by atoms with Crippen LogP contribution in [0.25, 0.3) is 11.0 Å². The molecule has 0 aliphatic carbocycles. The zero-order valence-electron chi connectivity index (χ0n) is 19.8. The number of amides is 1. The molecule has 1 saturated heterocycles. The van der Waals surface area contributed by atoms with E-state index in [-0.39, 0.29) is 12.4 Å². The first kappa shape index (κ1) is 24.6. The number of nitrogens with zero attached hydrogens (tertiary/aromatic N) is 5. The SMILES string of the molecule is Cc1nc(N2CCC(N(C)C)CC2)nc2ncc(NC(=O)COc3ccc(C(F)(F)F)cc3)cc12. The van der Waals surface area contributed by atoms with Crippen LogP contribution in [0.5, 0.6) is 5.75 Å². The molecule has 1 aromatic carbocycles. The zero-order valence-corrected chi connectivity index (χ0v) is 19.8. The van der Waals surface area contributed by atoms with Crippen LogP contribution in [-0.2, 0) is 11.0 Å². The molecule has 35 heavy (non-hydrogen) atoms. The quantitative estimate of drug-likeness (QED) is 0.564. The van der Waals surface area contributed by atoms with E-state index in [0.29, 0.717) is 23.3 Å². The van der Waals surface area contributed by atoms with Gasteiger partial charge in [0.15, 0.2) is 12.3 Å². The van der Waals surface area contributed by atoms with E-state index >= 15 is 0 Å². The molecule has 1 N–H and O–H groups in total. The molecule has 1 aliphatic rings. The van der Waals surface area contributed by atoms with Gasteiger partial charge in [-0.2, -0.15) is 18.2 Å². The van der Waals surface area contributed by atoms with Crippen molar-refractivity contribution in [2.24, 2.45) is 0 Å². The molecule has 4 rings (SSSR count). The van der Waals surface area contributed by atoms with Crippen LogP contribution in [0.2, 0.25) is 0 Å². The van der Waals surface area contributed by atoms with Crippen molar-refractivity contribution in [3.63, 3.8) is 0 Å². The van der Waals surface area contributed by atoms with Gasteiger partial charge in [-0.15, -0.1) is 0 Å². The maximum Gasteiger partial charge on any atom is 0.416 e. The minimum atomic E-state index is -4.43. The normalized spacial score (nSPS) is 15.0. The molecule has 8 nitrogen and oxygen atoms in total. The Balaban J connectivity index is 1.38. The summed E-state index contributed by atoms with van der Waals surface area (Å²) in [6.45, 7) is 3.27. The Bertz CT molecular complexity index is 1190. The van der Waals surface area contributed by atoms with E-state index in [4.69, 9.17) is 4.74 Å². The van der Waals surface area contributed by atoms with Gasteiger partial charge in [0.1, 0.15) is 5.75 Å². The van der Waals surface area contributed by atoms with Crippen LogP contribution in [0.3, 0.4) is 0 Å². The number of alkyl halides is 3. The molecule has 3 aromatic rings. The van der Waals surface area contributed by atoms with Crippen molar-refractivity contribution in [2.45, 2.75) is 32.0 Å². The smallest absolute Gasteiger partial charge is 0.416 e. The van der Waals surface area contributed by atoms with Gasteiger partial charge in [0, 0.05) is 24.5 Å². The number of halogens is 3. The molecule has 0 saturated carbocycles. The van der Waals surface area contributed by atoms with Crippen molar-refractivity contribution in [3.05, 3.63) is 47.8 Å². The number of fused-ring (bicyclic) bond motifs is 1. The topological polar surface area (TPSA) is 83.5 Å². The number of benzene rings is 1. The molecule has 0 atom stereocenters. The minimum Gasteiger partial charge on any atom is -0.484 e. The van der Waals surface area contributed by atoms with Gasteiger partial charge < -0.3 is 19.9 Å². The third-order valence-corrected chi connectivity index (χ3v) is 6.04. The molecule has 3 heterocycles. The number of aromatic nitrogens is 3. The molecule has 11 heteroatoms. The molecule has 0 unspecified atom stereocenters. The highest BCUT2D eigenvalue weighted by molar-refractivity contribution is 5.94. The highest BCUT2D eigenvalue weighted by Crippen LogP contribution is 2.30. The van der Waals surface area contributed by atoms with Crippen LogP contribution in [0.15, 0.2) is 36.5 Å². The van der Waals surface area contributed by atoms with E-state index in [1.165, 1.54) is 18.3 Å². The van der Waals surface area contributed by atoms with Crippen LogP contribution in [0.1, 0.15) is 24.1 Å². The van der Waals surface area contributed by atoms with E-state index in [0.717, 1.165) is 49.1 Å². The largest absolute Gasteiger partial charge is 0.484 e. The lowest BCUT2D eigenvalue weighted by Gasteiger charge is -2.35. The van der Waals surface area contributed by atoms with E-state index in [1.807, 2.05) is 6.92 Å². The molecule has 0 spiro atoms. The fourth-order valence-electron chi connectivity index (χ4n) is 4.02. The lowest BCUT2D eigenvalue weighted by molar-refractivity contribution is -0.137. The summed E-state index contributed by atoms with van der Waals surface area (Å²) in [7, 11) is 4.19. The summed E-state index contributed by atoms with van der Waals surface area (Å²) in [5.74, 6) is 0.350. The molecular weight excluding hydrogens is 461 g/mol. The number of hydrogen-bond donors (Lipinski definition) is 1. The summed E-state index contributed by atoms with van der Waals surface area (Å²) in [4.78, 5) is 30.4. The monoisotopic (exact) mass is 488 g/mol. The van der Waals surface area contributed by atoms with Crippen LogP contribution in [0, 0.1) is 6.92 Å². The maximum absolute atomic E-state index is 12.6. The van der Waals surface area contributed by atoms with Gasteiger partial charge in [-0.05, 0) is 64.2 Å². The number of hydrogen-bond acceptors (Lipinski definition) is 7. The van der Waals surface area contributed by atoms with Crippen LogP contribution in [0.4, 0.5) is 24.8 Å². The zero-order chi connectivity index (χ0) is 25.2. The van der Waals surface area contributed by atoms with E-state index in [9.17, 15) is 18.0 Å². The first-order valence-corrected chi connectivity index (χ1v) is 11.3.